The summed E-state index contributed by atoms with van der Waals surface area (Å²) in [5.74, 6) is -0.139. The van der Waals surface area contributed by atoms with Gasteiger partial charge in [0.15, 0.2) is 5.69 Å². The summed E-state index contributed by atoms with van der Waals surface area (Å²) in [6, 6.07) is 5.54. The summed E-state index contributed by atoms with van der Waals surface area (Å²) in [7, 11) is 0. The van der Waals surface area contributed by atoms with Crippen LogP contribution in [0.4, 0.5) is 13.2 Å². The zero-order valence-corrected chi connectivity index (χ0v) is 11.5. The number of halogens is 5. The number of benzene rings is 1. The van der Waals surface area contributed by atoms with Gasteiger partial charge in [0.1, 0.15) is 5.75 Å². The predicted molar refractivity (Wildman–Crippen MR) is 68.3 cm³/mol. The number of ether oxygens (including phenoxy) is 1. The molecule has 1 aromatic carbocycles. The Labute approximate surface area is 122 Å². The maximum absolute atomic E-state index is 12.6. The number of hydrogen-bond donors (Lipinski definition) is 0. The molecule has 1 heterocycles. The summed E-state index contributed by atoms with van der Waals surface area (Å²) in [6.45, 7) is 1.79. The Morgan fingerprint density at radius 2 is 1.80 bits per heavy atom. The third-order valence-electron chi connectivity index (χ3n) is 2.27. The van der Waals surface area contributed by atoms with Gasteiger partial charge in [0, 0.05) is 6.07 Å². The van der Waals surface area contributed by atoms with Gasteiger partial charge < -0.3 is 4.74 Å². The molecular formula is C12H7Cl2F3N2O. The van der Waals surface area contributed by atoms with Crippen LogP contribution in [0.2, 0.25) is 10.3 Å². The number of aryl methyl sites for hydroxylation is 1. The minimum absolute atomic E-state index is 0.189. The first-order chi connectivity index (χ1) is 9.25. The van der Waals surface area contributed by atoms with Crippen molar-refractivity contribution in [2.45, 2.75) is 13.1 Å². The van der Waals surface area contributed by atoms with Gasteiger partial charge >= 0.3 is 6.18 Å². The first-order valence-electron chi connectivity index (χ1n) is 5.31. The smallest absolute Gasteiger partial charge is 0.433 e. The van der Waals surface area contributed by atoms with Gasteiger partial charge in [-0.15, -0.1) is 0 Å². The molecule has 0 unspecified atom stereocenters. The standard InChI is InChI=1S/C12H7Cl2F3N2O/c1-6-2-3-7(13)8(4-6)20-10-5-9(12(15,16)17)18-11(14)19-10/h2-5H,1H3. The lowest BCUT2D eigenvalue weighted by Crippen LogP contribution is -2.09. The van der Waals surface area contributed by atoms with E-state index < -0.39 is 17.2 Å². The molecule has 0 N–H and O–H groups in total. The van der Waals surface area contributed by atoms with Crippen LogP contribution in [0.1, 0.15) is 11.3 Å². The van der Waals surface area contributed by atoms with Gasteiger partial charge in [-0.1, -0.05) is 17.7 Å². The van der Waals surface area contributed by atoms with Crippen LogP contribution in [0.3, 0.4) is 0 Å². The number of aromatic nitrogens is 2. The minimum Gasteiger partial charge on any atom is -0.437 e. The second-order valence-corrected chi connectivity index (χ2v) is 4.64. The quantitative estimate of drug-likeness (QED) is 0.737. The molecule has 0 saturated carbocycles. The van der Waals surface area contributed by atoms with E-state index in [0.717, 1.165) is 5.56 Å². The average molecular weight is 323 g/mol. The molecule has 2 rings (SSSR count). The highest BCUT2D eigenvalue weighted by Crippen LogP contribution is 2.33. The molecule has 20 heavy (non-hydrogen) atoms. The fourth-order valence-corrected chi connectivity index (χ4v) is 1.73. The van der Waals surface area contributed by atoms with Crippen LogP contribution in [-0.4, -0.2) is 9.97 Å². The van der Waals surface area contributed by atoms with E-state index in [1.165, 1.54) is 0 Å². The zero-order chi connectivity index (χ0) is 14.9. The van der Waals surface area contributed by atoms with E-state index in [0.29, 0.717) is 6.07 Å². The lowest BCUT2D eigenvalue weighted by Gasteiger charge is -2.10. The first kappa shape index (κ1) is 14.9. The van der Waals surface area contributed by atoms with Gasteiger partial charge in [0.2, 0.25) is 11.2 Å². The SMILES string of the molecule is Cc1ccc(Cl)c(Oc2cc(C(F)(F)F)nc(Cl)n2)c1. The third-order valence-corrected chi connectivity index (χ3v) is 2.75. The van der Waals surface area contributed by atoms with E-state index in [-0.39, 0.29) is 16.7 Å². The molecule has 8 heteroatoms. The van der Waals surface area contributed by atoms with Crippen molar-refractivity contribution < 1.29 is 17.9 Å². The van der Waals surface area contributed by atoms with E-state index in [2.05, 4.69) is 9.97 Å². The van der Waals surface area contributed by atoms with E-state index in [1.807, 2.05) is 0 Å². The van der Waals surface area contributed by atoms with Crippen LogP contribution >= 0.6 is 23.2 Å². The van der Waals surface area contributed by atoms with E-state index in [1.54, 1.807) is 25.1 Å². The zero-order valence-electron chi connectivity index (χ0n) is 10.0. The van der Waals surface area contributed by atoms with Gasteiger partial charge in [-0.05, 0) is 36.2 Å². The Balaban J connectivity index is 2.39. The number of rotatable bonds is 2. The summed E-state index contributed by atoms with van der Waals surface area (Å²) >= 11 is 11.4. The molecule has 0 aliphatic rings. The Morgan fingerprint density at radius 1 is 1.10 bits per heavy atom. The van der Waals surface area contributed by atoms with Crippen molar-refractivity contribution in [3.8, 4) is 11.6 Å². The van der Waals surface area contributed by atoms with E-state index in [9.17, 15) is 13.2 Å². The van der Waals surface area contributed by atoms with Gasteiger partial charge in [-0.3, -0.25) is 0 Å². The molecule has 1 aromatic heterocycles. The molecule has 3 nitrogen and oxygen atoms in total. The lowest BCUT2D eigenvalue weighted by molar-refractivity contribution is -0.141. The molecule has 0 spiro atoms. The number of hydrogen-bond acceptors (Lipinski definition) is 3. The van der Waals surface area contributed by atoms with E-state index in [4.69, 9.17) is 27.9 Å². The highest BCUT2D eigenvalue weighted by molar-refractivity contribution is 6.32. The van der Waals surface area contributed by atoms with Crippen molar-refractivity contribution in [1.82, 2.24) is 9.97 Å². The van der Waals surface area contributed by atoms with Crippen molar-refractivity contribution in [3.05, 3.63) is 45.8 Å². The summed E-state index contributed by atoms with van der Waals surface area (Å²) in [4.78, 5) is 6.69. The van der Waals surface area contributed by atoms with Crippen molar-refractivity contribution in [1.29, 1.82) is 0 Å². The monoisotopic (exact) mass is 322 g/mol. The van der Waals surface area contributed by atoms with Gasteiger partial charge in [-0.25, -0.2) is 4.98 Å². The molecular weight excluding hydrogens is 316 g/mol. The van der Waals surface area contributed by atoms with Gasteiger partial charge in [0.05, 0.1) is 5.02 Å². The van der Waals surface area contributed by atoms with E-state index >= 15 is 0 Å². The van der Waals surface area contributed by atoms with Crippen molar-refractivity contribution in [2.75, 3.05) is 0 Å². The number of nitrogens with zero attached hydrogens (tertiary/aromatic N) is 2. The summed E-state index contributed by atoms with van der Waals surface area (Å²) in [5, 5.41) is -0.308. The molecule has 0 saturated heterocycles. The Morgan fingerprint density at radius 3 is 2.45 bits per heavy atom. The maximum atomic E-state index is 12.6. The normalized spacial score (nSPS) is 11.5. The number of alkyl halides is 3. The second kappa shape index (κ2) is 5.46. The van der Waals surface area contributed by atoms with Crippen LogP contribution in [0, 0.1) is 6.92 Å². The first-order valence-corrected chi connectivity index (χ1v) is 6.07. The Bertz CT molecular complexity index is 647. The highest BCUT2D eigenvalue weighted by Gasteiger charge is 2.34. The highest BCUT2D eigenvalue weighted by atomic mass is 35.5. The molecule has 0 fully saturated rings. The van der Waals surface area contributed by atoms with Gasteiger partial charge in [-0.2, -0.15) is 18.2 Å². The molecule has 0 amide bonds. The molecule has 0 radical (unpaired) electrons. The summed E-state index contributed by atoms with van der Waals surface area (Å²) in [6.07, 6.45) is -4.64. The largest absolute Gasteiger partial charge is 0.437 e. The molecule has 2 aromatic rings. The van der Waals surface area contributed by atoms with Crippen molar-refractivity contribution >= 4 is 23.2 Å². The molecule has 0 aliphatic heterocycles. The molecule has 0 bridgehead atoms. The van der Waals surface area contributed by atoms with Crippen LogP contribution in [0.15, 0.2) is 24.3 Å². The fraction of sp³-hybridized carbons (Fsp3) is 0.167. The summed E-state index contributed by atoms with van der Waals surface area (Å²) in [5.41, 5.74) is -0.350. The third kappa shape index (κ3) is 3.52. The van der Waals surface area contributed by atoms with Crippen LogP contribution in [0.25, 0.3) is 0 Å². The predicted octanol–water partition coefficient (Wildman–Crippen LogP) is 4.90. The molecule has 0 atom stereocenters. The lowest BCUT2D eigenvalue weighted by atomic mass is 10.2. The van der Waals surface area contributed by atoms with Crippen molar-refractivity contribution in [2.24, 2.45) is 0 Å². The van der Waals surface area contributed by atoms with Crippen LogP contribution in [0.5, 0.6) is 11.6 Å². The topological polar surface area (TPSA) is 35.0 Å². The van der Waals surface area contributed by atoms with Gasteiger partial charge in [0.25, 0.3) is 0 Å². The van der Waals surface area contributed by atoms with Crippen molar-refractivity contribution in [3.63, 3.8) is 0 Å². The van der Waals surface area contributed by atoms with Crippen LogP contribution < -0.4 is 4.74 Å². The Kier molecular flexibility index (Phi) is 4.06. The maximum Gasteiger partial charge on any atom is 0.433 e. The van der Waals surface area contributed by atoms with Crippen LogP contribution in [-0.2, 0) is 6.18 Å². The average Bonchev–Trinajstić information content (AvgIpc) is 2.32. The fourth-order valence-electron chi connectivity index (χ4n) is 1.40. The Hall–Kier alpha value is -1.53. The summed E-state index contributed by atoms with van der Waals surface area (Å²) < 4.78 is 43.0. The second-order valence-electron chi connectivity index (χ2n) is 3.89. The minimum atomic E-state index is -4.64. The molecule has 106 valence electrons. The molecule has 0 aliphatic carbocycles.